The molecule has 0 aromatic rings. The molecule has 0 aliphatic rings. The Hall–Kier alpha value is -0.120. The zero-order valence-corrected chi connectivity index (χ0v) is 7.85. The maximum Gasteiger partial charge on any atom is 0.167 e. The molecule has 0 aromatic heterocycles. The van der Waals surface area contributed by atoms with Gasteiger partial charge in [0, 0.05) is 27.2 Å². The normalized spacial score (nSPS) is 16.4. The zero-order chi connectivity index (χ0) is 8.74. The van der Waals surface area contributed by atoms with E-state index in [0.717, 1.165) is 6.42 Å². The van der Waals surface area contributed by atoms with Gasteiger partial charge in [0.1, 0.15) is 0 Å². The van der Waals surface area contributed by atoms with Gasteiger partial charge in [0.25, 0.3) is 0 Å². The van der Waals surface area contributed by atoms with Crippen molar-refractivity contribution in [3.63, 3.8) is 0 Å². The third-order valence-electron chi connectivity index (χ3n) is 1.64. The monoisotopic (exact) mass is 162 g/mol. The Morgan fingerprint density at radius 3 is 2.27 bits per heavy atom. The highest BCUT2D eigenvalue weighted by molar-refractivity contribution is 4.60. The summed E-state index contributed by atoms with van der Waals surface area (Å²) < 4.78 is 15.5. The second-order valence-corrected chi connectivity index (χ2v) is 2.51. The van der Waals surface area contributed by atoms with E-state index in [0.29, 0.717) is 13.2 Å². The van der Waals surface area contributed by atoms with E-state index in [-0.39, 0.29) is 0 Å². The van der Waals surface area contributed by atoms with Gasteiger partial charge in [0.05, 0.1) is 6.61 Å². The molecule has 0 N–H and O–H groups in total. The Balaban J connectivity index is 3.68. The van der Waals surface area contributed by atoms with Crippen molar-refractivity contribution >= 4 is 0 Å². The van der Waals surface area contributed by atoms with Crippen LogP contribution >= 0.6 is 0 Å². The van der Waals surface area contributed by atoms with Crippen LogP contribution < -0.4 is 0 Å². The minimum atomic E-state index is -0.481. The van der Waals surface area contributed by atoms with E-state index in [9.17, 15) is 0 Å². The molecule has 68 valence electrons. The minimum absolute atomic E-state index is 0.481. The maximum atomic E-state index is 5.38. The molecule has 0 amide bonds. The molecule has 1 atom stereocenters. The van der Waals surface area contributed by atoms with E-state index in [1.165, 1.54) is 0 Å². The molecule has 3 nitrogen and oxygen atoms in total. The number of rotatable bonds is 6. The van der Waals surface area contributed by atoms with E-state index >= 15 is 0 Å². The lowest BCUT2D eigenvalue weighted by molar-refractivity contribution is -0.215. The molecular weight excluding hydrogens is 144 g/mol. The second kappa shape index (κ2) is 5.52. The smallest absolute Gasteiger partial charge is 0.167 e. The lowest BCUT2D eigenvalue weighted by atomic mass is 10.2. The van der Waals surface area contributed by atoms with Crippen LogP contribution in [0.15, 0.2) is 0 Å². The first-order valence-corrected chi connectivity index (χ1v) is 3.86. The molecule has 0 spiro atoms. The van der Waals surface area contributed by atoms with Crippen molar-refractivity contribution in [3.05, 3.63) is 0 Å². The van der Waals surface area contributed by atoms with Crippen molar-refractivity contribution in [2.24, 2.45) is 0 Å². The number of hydrogen-bond acceptors (Lipinski definition) is 3. The van der Waals surface area contributed by atoms with Gasteiger partial charge in [-0.05, 0) is 13.8 Å². The van der Waals surface area contributed by atoms with Crippen LogP contribution in [0, 0.1) is 0 Å². The summed E-state index contributed by atoms with van der Waals surface area (Å²) >= 11 is 0. The highest BCUT2D eigenvalue weighted by Gasteiger charge is 2.22. The largest absolute Gasteiger partial charge is 0.384 e. The summed E-state index contributed by atoms with van der Waals surface area (Å²) in [7, 11) is 3.31. The molecular formula is C8H18O3. The predicted molar refractivity (Wildman–Crippen MR) is 43.5 cm³/mol. The molecule has 1 unspecified atom stereocenters. The van der Waals surface area contributed by atoms with Crippen molar-refractivity contribution in [2.75, 3.05) is 27.4 Å². The summed E-state index contributed by atoms with van der Waals surface area (Å²) in [4.78, 5) is 0. The van der Waals surface area contributed by atoms with Crippen LogP contribution in [-0.4, -0.2) is 33.2 Å². The van der Waals surface area contributed by atoms with Gasteiger partial charge in [-0.3, -0.25) is 0 Å². The summed E-state index contributed by atoms with van der Waals surface area (Å²) in [5, 5.41) is 0. The van der Waals surface area contributed by atoms with E-state index in [1.807, 2.05) is 13.8 Å². The van der Waals surface area contributed by atoms with Gasteiger partial charge in [0.15, 0.2) is 5.79 Å². The SMILES string of the molecule is CCOC(C)(CCOC)OC. The fourth-order valence-corrected chi connectivity index (χ4v) is 0.826. The molecule has 3 heteroatoms. The van der Waals surface area contributed by atoms with Crippen LogP contribution in [0.3, 0.4) is 0 Å². The topological polar surface area (TPSA) is 27.7 Å². The quantitative estimate of drug-likeness (QED) is 0.553. The summed E-state index contributed by atoms with van der Waals surface area (Å²) in [5.74, 6) is -0.481. The Morgan fingerprint density at radius 1 is 1.27 bits per heavy atom. The first-order chi connectivity index (χ1) is 5.18. The lowest BCUT2D eigenvalue weighted by Gasteiger charge is -2.27. The lowest BCUT2D eigenvalue weighted by Crippen LogP contribution is -2.32. The highest BCUT2D eigenvalue weighted by Crippen LogP contribution is 2.15. The molecule has 0 fully saturated rings. The Labute approximate surface area is 68.6 Å². The first-order valence-electron chi connectivity index (χ1n) is 3.86. The van der Waals surface area contributed by atoms with Crippen molar-refractivity contribution in [1.29, 1.82) is 0 Å². The molecule has 11 heavy (non-hydrogen) atoms. The van der Waals surface area contributed by atoms with Gasteiger partial charge in [-0.2, -0.15) is 0 Å². The number of ether oxygens (including phenoxy) is 3. The fraction of sp³-hybridized carbons (Fsp3) is 1.00. The van der Waals surface area contributed by atoms with Crippen LogP contribution in [0.1, 0.15) is 20.3 Å². The third-order valence-corrected chi connectivity index (χ3v) is 1.64. The average Bonchev–Trinajstić information content (AvgIpc) is 2.02. The maximum absolute atomic E-state index is 5.38. The van der Waals surface area contributed by atoms with Gasteiger partial charge in [0.2, 0.25) is 0 Å². The van der Waals surface area contributed by atoms with Gasteiger partial charge in [-0.15, -0.1) is 0 Å². The molecule has 0 aromatic carbocycles. The van der Waals surface area contributed by atoms with E-state index in [1.54, 1.807) is 14.2 Å². The first kappa shape index (κ1) is 10.9. The van der Waals surface area contributed by atoms with E-state index < -0.39 is 5.79 Å². The van der Waals surface area contributed by atoms with E-state index in [2.05, 4.69) is 0 Å². The van der Waals surface area contributed by atoms with Gasteiger partial charge in [-0.25, -0.2) is 0 Å². The molecule has 0 saturated heterocycles. The van der Waals surface area contributed by atoms with Crippen LogP contribution in [0.5, 0.6) is 0 Å². The Morgan fingerprint density at radius 2 is 1.91 bits per heavy atom. The zero-order valence-electron chi connectivity index (χ0n) is 7.85. The molecule has 0 rings (SSSR count). The van der Waals surface area contributed by atoms with Crippen LogP contribution in [0.2, 0.25) is 0 Å². The van der Waals surface area contributed by atoms with Crippen LogP contribution in [0.4, 0.5) is 0 Å². The second-order valence-electron chi connectivity index (χ2n) is 2.51. The fourth-order valence-electron chi connectivity index (χ4n) is 0.826. The van der Waals surface area contributed by atoms with Gasteiger partial charge in [-0.1, -0.05) is 0 Å². The Bertz CT molecular complexity index is 95.3. The van der Waals surface area contributed by atoms with Crippen LogP contribution in [-0.2, 0) is 14.2 Å². The molecule has 0 bridgehead atoms. The summed E-state index contributed by atoms with van der Waals surface area (Å²) in [6.45, 7) is 5.18. The predicted octanol–water partition coefficient (Wildman–Crippen LogP) is 1.42. The van der Waals surface area contributed by atoms with Crippen molar-refractivity contribution in [2.45, 2.75) is 26.1 Å². The Kier molecular flexibility index (Phi) is 5.46. The van der Waals surface area contributed by atoms with E-state index in [4.69, 9.17) is 14.2 Å². The molecule has 0 aliphatic heterocycles. The van der Waals surface area contributed by atoms with Crippen LogP contribution in [0.25, 0.3) is 0 Å². The average molecular weight is 162 g/mol. The third kappa shape index (κ3) is 4.35. The molecule has 0 aliphatic carbocycles. The number of methoxy groups -OCH3 is 2. The van der Waals surface area contributed by atoms with Gasteiger partial charge >= 0.3 is 0 Å². The standard InChI is InChI=1S/C8H18O3/c1-5-11-8(2,10-4)6-7-9-3/h5-7H2,1-4H3. The summed E-state index contributed by atoms with van der Waals surface area (Å²) in [6.07, 6.45) is 0.758. The minimum Gasteiger partial charge on any atom is -0.384 e. The highest BCUT2D eigenvalue weighted by atomic mass is 16.7. The van der Waals surface area contributed by atoms with Crippen molar-refractivity contribution in [1.82, 2.24) is 0 Å². The molecule has 0 heterocycles. The molecule has 0 radical (unpaired) electrons. The van der Waals surface area contributed by atoms with Gasteiger partial charge < -0.3 is 14.2 Å². The summed E-state index contributed by atoms with van der Waals surface area (Å²) in [5.41, 5.74) is 0. The number of hydrogen-bond donors (Lipinski definition) is 0. The van der Waals surface area contributed by atoms with Crippen molar-refractivity contribution in [3.8, 4) is 0 Å². The summed E-state index contributed by atoms with van der Waals surface area (Å²) in [6, 6.07) is 0. The molecule has 0 saturated carbocycles. The van der Waals surface area contributed by atoms with Crippen molar-refractivity contribution < 1.29 is 14.2 Å².